The molecule has 3 nitrogen and oxygen atoms in total. The lowest BCUT2D eigenvalue weighted by Gasteiger charge is -2.28. The predicted octanol–water partition coefficient (Wildman–Crippen LogP) is 17.2. The number of benzene rings is 9. The fourth-order valence-electron chi connectivity index (χ4n) is 9.00. The van der Waals surface area contributed by atoms with Crippen molar-refractivity contribution in [1.29, 1.82) is 0 Å². The molecule has 0 saturated carbocycles. The maximum Gasteiger partial charge on any atom is 0.137 e. The highest BCUT2D eigenvalue weighted by atomic mass is 32.1. The van der Waals surface area contributed by atoms with Crippen LogP contribution in [-0.2, 0) is 0 Å². The number of allylic oxidation sites excluding steroid dienone is 5. The van der Waals surface area contributed by atoms with E-state index in [0.29, 0.717) is 0 Å². The maximum absolute atomic E-state index is 6.48. The summed E-state index contributed by atoms with van der Waals surface area (Å²) in [5, 5.41) is 9.76. The number of fused-ring (bicyclic) bond motifs is 11. The van der Waals surface area contributed by atoms with Gasteiger partial charge in [0.05, 0.1) is 5.69 Å². The normalized spacial score (nSPS) is 12.1. The highest BCUT2D eigenvalue weighted by Crippen LogP contribution is 2.48. The molecular weight excluding hydrogens is 761 g/mol. The summed E-state index contributed by atoms with van der Waals surface area (Å²) >= 11 is 1.88. The van der Waals surface area contributed by atoms with E-state index in [9.17, 15) is 0 Å². The Morgan fingerprint density at radius 3 is 1.97 bits per heavy atom. The van der Waals surface area contributed by atoms with E-state index in [0.717, 1.165) is 67.2 Å². The number of hydrogen-bond donors (Lipinski definition) is 0. The lowest BCUT2D eigenvalue weighted by Crippen LogP contribution is -2.14. The molecule has 0 amide bonds. The van der Waals surface area contributed by atoms with Gasteiger partial charge in [0, 0.05) is 76.4 Å². The summed E-state index contributed by atoms with van der Waals surface area (Å²) in [6.45, 7) is 6.01. The molecule has 290 valence electrons. The number of hydrogen-bond acceptors (Lipinski definition) is 4. The monoisotopic (exact) mass is 800 g/mol. The van der Waals surface area contributed by atoms with E-state index in [1.165, 1.54) is 41.7 Å². The first-order chi connectivity index (χ1) is 30.1. The van der Waals surface area contributed by atoms with Crippen molar-refractivity contribution in [3.63, 3.8) is 0 Å². The van der Waals surface area contributed by atoms with Crippen LogP contribution in [0.5, 0.6) is 0 Å². The van der Waals surface area contributed by atoms with Crippen molar-refractivity contribution in [2.24, 2.45) is 0 Å². The Morgan fingerprint density at radius 2 is 1.15 bits per heavy atom. The molecular formula is C57H40N2OS. The molecule has 0 fully saturated rings. The van der Waals surface area contributed by atoms with Crippen LogP contribution in [0.2, 0.25) is 0 Å². The van der Waals surface area contributed by atoms with Crippen molar-refractivity contribution in [3.8, 4) is 11.1 Å². The minimum atomic E-state index is 0.864. The van der Waals surface area contributed by atoms with Crippen LogP contribution in [0.1, 0.15) is 6.92 Å². The van der Waals surface area contributed by atoms with Crippen LogP contribution in [-0.4, -0.2) is 0 Å². The van der Waals surface area contributed by atoms with Gasteiger partial charge >= 0.3 is 0 Å². The highest BCUT2D eigenvalue weighted by molar-refractivity contribution is 7.27. The first-order valence-corrected chi connectivity index (χ1v) is 21.4. The number of para-hydroxylation sites is 3. The van der Waals surface area contributed by atoms with Crippen LogP contribution in [0.25, 0.3) is 74.8 Å². The Kier molecular flexibility index (Phi) is 9.06. The summed E-state index contributed by atoms with van der Waals surface area (Å²) in [7, 11) is 0. The van der Waals surface area contributed by atoms with Crippen LogP contribution in [0.4, 0.5) is 28.4 Å². The first kappa shape index (κ1) is 36.4. The summed E-state index contributed by atoms with van der Waals surface area (Å²) in [5.41, 5.74) is 10.6. The first-order valence-electron chi connectivity index (χ1n) is 20.6. The molecule has 0 unspecified atom stereocenters. The lowest BCUT2D eigenvalue weighted by molar-refractivity contribution is 0.669. The molecule has 0 N–H and O–H groups in total. The Labute approximate surface area is 358 Å². The Balaban J connectivity index is 1.13. The molecule has 11 rings (SSSR count). The smallest absolute Gasteiger partial charge is 0.137 e. The second-order valence-corrected chi connectivity index (χ2v) is 16.4. The van der Waals surface area contributed by atoms with Gasteiger partial charge in [-0.1, -0.05) is 146 Å². The van der Waals surface area contributed by atoms with E-state index >= 15 is 0 Å². The Hall–Kier alpha value is -7.66. The summed E-state index contributed by atoms with van der Waals surface area (Å²) in [5.74, 6) is 0. The van der Waals surface area contributed by atoms with E-state index in [2.05, 4.69) is 205 Å². The standard InChI is InChI=1S/C57H40N2OS/c1-3-4-7-18-38(2)58(40-21-10-6-11-22-40)43-31-34-50-55(37-43)61-57-49-33-30-41(35-51(49)45-24-12-13-26-48(45)56(50)57)59(52-27-16-14-23-44(52)39-19-8-5-9-20-39)42-29-32-47-46-25-15-17-28-53(46)60-54(47)36-42/h3-37H,1H2,2H3/b7-4-,38-18+. The topological polar surface area (TPSA) is 19.6 Å². The zero-order valence-electron chi connectivity index (χ0n) is 33.6. The summed E-state index contributed by atoms with van der Waals surface area (Å²) in [6.07, 6.45) is 7.95. The molecule has 9 aromatic carbocycles. The van der Waals surface area contributed by atoms with Gasteiger partial charge in [-0.3, -0.25) is 0 Å². The van der Waals surface area contributed by atoms with Gasteiger partial charge in [0.15, 0.2) is 0 Å². The largest absolute Gasteiger partial charge is 0.456 e. The van der Waals surface area contributed by atoms with Gasteiger partial charge < -0.3 is 14.2 Å². The number of rotatable bonds is 9. The molecule has 11 aromatic rings. The molecule has 0 aliphatic rings. The zero-order valence-corrected chi connectivity index (χ0v) is 34.4. The van der Waals surface area contributed by atoms with Gasteiger partial charge in [-0.25, -0.2) is 0 Å². The van der Waals surface area contributed by atoms with Crippen LogP contribution >= 0.6 is 11.3 Å². The van der Waals surface area contributed by atoms with E-state index in [4.69, 9.17) is 4.42 Å². The van der Waals surface area contributed by atoms with Gasteiger partial charge in [-0.05, 0) is 95.4 Å². The van der Waals surface area contributed by atoms with Gasteiger partial charge in [-0.2, -0.15) is 0 Å². The maximum atomic E-state index is 6.48. The molecule has 0 radical (unpaired) electrons. The fraction of sp³-hybridized carbons (Fsp3) is 0.0175. The number of thiophene rings is 1. The van der Waals surface area contributed by atoms with Crippen LogP contribution in [0.15, 0.2) is 229 Å². The van der Waals surface area contributed by atoms with Gasteiger partial charge in [0.2, 0.25) is 0 Å². The minimum absolute atomic E-state index is 0.864. The summed E-state index contributed by atoms with van der Waals surface area (Å²) in [4.78, 5) is 4.72. The number of anilines is 5. The quantitative estimate of drug-likeness (QED) is 0.107. The summed E-state index contributed by atoms with van der Waals surface area (Å²) in [6, 6.07) is 67.7. The van der Waals surface area contributed by atoms with E-state index in [-0.39, 0.29) is 0 Å². The average Bonchev–Trinajstić information content (AvgIpc) is 3.89. The minimum Gasteiger partial charge on any atom is -0.456 e. The van der Waals surface area contributed by atoms with Crippen molar-refractivity contribution >= 4 is 103 Å². The predicted molar refractivity (Wildman–Crippen MR) is 263 cm³/mol. The molecule has 0 aliphatic heterocycles. The second-order valence-electron chi connectivity index (χ2n) is 15.4. The van der Waals surface area contributed by atoms with Gasteiger partial charge in [-0.15, -0.1) is 11.3 Å². The molecule has 2 aromatic heterocycles. The van der Waals surface area contributed by atoms with Crippen LogP contribution in [0, 0.1) is 0 Å². The van der Waals surface area contributed by atoms with Crippen molar-refractivity contribution in [2.75, 3.05) is 9.80 Å². The highest BCUT2D eigenvalue weighted by Gasteiger charge is 2.22. The number of furan rings is 1. The van der Waals surface area contributed by atoms with Gasteiger partial charge in [0.1, 0.15) is 11.2 Å². The Morgan fingerprint density at radius 1 is 0.508 bits per heavy atom. The van der Waals surface area contributed by atoms with E-state index in [1.54, 1.807) is 6.08 Å². The fourth-order valence-corrected chi connectivity index (χ4v) is 10.3. The average molecular weight is 801 g/mol. The lowest BCUT2D eigenvalue weighted by atomic mass is 9.96. The summed E-state index contributed by atoms with van der Waals surface area (Å²) < 4.78 is 9.02. The molecule has 0 saturated heterocycles. The van der Waals surface area contributed by atoms with Crippen molar-refractivity contribution in [3.05, 3.63) is 225 Å². The SMILES string of the molecule is C=C/C=C\C=C(/C)N(c1ccccc1)c1ccc2c(c1)sc1c3ccc(N(c4ccc5c(c4)oc4ccccc45)c4ccccc4-c4ccccc4)cc3c3ccccc3c21. The molecule has 0 aliphatic carbocycles. The van der Waals surface area contributed by atoms with Crippen molar-refractivity contribution < 1.29 is 4.42 Å². The Bertz CT molecular complexity index is 3520. The van der Waals surface area contributed by atoms with E-state index < -0.39 is 0 Å². The second kappa shape index (κ2) is 15.2. The van der Waals surface area contributed by atoms with Crippen molar-refractivity contribution in [2.45, 2.75) is 6.92 Å². The van der Waals surface area contributed by atoms with Crippen molar-refractivity contribution in [1.82, 2.24) is 0 Å². The third-order valence-electron chi connectivity index (χ3n) is 11.7. The zero-order chi connectivity index (χ0) is 40.9. The van der Waals surface area contributed by atoms with Gasteiger partial charge in [0.25, 0.3) is 0 Å². The third-order valence-corrected chi connectivity index (χ3v) is 12.9. The molecule has 2 heterocycles. The molecule has 61 heavy (non-hydrogen) atoms. The van der Waals surface area contributed by atoms with Crippen LogP contribution < -0.4 is 9.80 Å². The van der Waals surface area contributed by atoms with E-state index in [1.807, 2.05) is 35.6 Å². The molecule has 0 spiro atoms. The number of nitrogens with zero attached hydrogens (tertiary/aromatic N) is 2. The van der Waals surface area contributed by atoms with Crippen LogP contribution in [0.3, 0.4) is 0 Å². The molecule has 4 heteroatoms. The molecule has 0 bridgehead atoms. The molecule has 0 atom stereocenters. The third kappa shape index (κ3) is 6.28.